The molecule has 0 saturated heterocycles. The lowest BCUT2D eigenvalue weighted by Crippen LogP contribution is -2.20. The van der Waals surface area contributed by atoms with Crippen molar-refractivity contribution in [2.24, 2.45) is 0 Å². The van der Waals surface area contributed by atoms with Crippen LogP contribution in [0.4, 0.5) is 11.4 Å². The van der Waals surface area contributed by atoms with Gasteiger partial charge in [-0.1, -0.05) is 30.3 Å². The molecule has 3 rings (SSSR count). The van der Waals surface area contributed by atoms with Crippen molar-refractivity contribution in [3.8, 4) is 17.6 Å². The van der Waals surface area contributed by atoms with E-state index in [4.69, 9.17) is 9.47 Å². The normalized spacial score (nSPS) is 10.7. The summed E-state index contributed by atoms with van der Waals surface area (Å²) in [6, 6.07) is 21.4. The van der Waals surface area contributed by atoms with Gasteiger partial charge in [-0.25, -0.2) is 0 Å². The molecular weight excluding hydrogens is 430 g/mol. The van der Waals surface area contributed by atoms with E-state index in [-0.39, 0.29) is 18.1 Å². The molecule has 0 aliphatic carbocycles. The number of nitrogens with one attached hydrogen (secondary N) is 2. The van der Waals surface area contributed by atoms with Crippen LogP contribution in [-0.2, 0) is 9.59 Å². The minimum Gasteiger partial charge on any atom is -0.493 e. The zero-order valence-electron chi connectivity index (χ0n) is 19.2. The van der Waals surface area contributed by atoms with Crippen LogP contribution in [0.25, 0.3) is 6.08 Å². The lowest BCUT2D eigenvalue weighted by Gasteiger charge is -2.12. The Labute approximate surface area is 198 Å². The molecule has 0 atom stereocenters. The smallest absolute Gasteiger partial charge is 0.266 e. The van der Waals surface area contributed by atoms with Crippen molar-refractivity contribution in [1.29, 1.82) is 5.26 Å². The first-order valence-corrected chi connectivity index (χ1v) is 10.6. The van der Waals surface area contributed by atoms with Crippen LogP contribution in [0.1, 0.15) is 16.7 Å². The van der Waals surface area contributed by atoms with E-state index in [2.05, 4.69) is 10.6 Å². The third kappa shape index (κ3) is 6.47. The molecule has 7 nitrogen and oxygen atoms in total. The van der Waals surface area contributed by atoms with E-state index >= 15 is 0 Å². The van der Waals surface area contributed by atoms with Crippen LogP contribution in [0.15, 0.2) is 72.3 Å². The van der Waals surface area contributed by atoms with Gasteiger partial charge in [0, 0.05) is 11.4 Å². The number of nitrogens with zero attached hydrogens (tertiary/aromatic N) is 1. The topological polar surface area (TPSA) is 100 Å². The van der Waals surface area contributed by atoms with Crippen LogP contribution in [-0.4, -0.2) is 25.5 Å². The number of anilines is 2. The average Bonchev–Trinajstić information content (AvgIpc) is 2.84. The number of ether oxygens (including phenoxy) is 2. The van der Waals surface area contributed by atoms with Crippen molar-refractivity contribution >= 4 is 29.3 Å². The third-order valence-electron chi connectivity index (χ3n) is 5.04. The maximum Gasteiger partial charge on any atom is 0.266 e. The second kappa shape index (κ2) is 11.3. The van der Waals surface area contributed by atoms with Gasteiger partial charge in [-0.3, -0.25) is 9.59 Å². The minimum absolute atomic E-state index is 0.0626. The van der Waals surface area contributed by atoms with Crippen LogP contribution in [0.5, 0.6) is 11.5 Å². The molecule has 0 aromatic heterocycles. The monoisotopic (exact) mass is 455 g/mol. The van der Waals surface area contributed by atoms with Crippen molar-refractivity contribution in [3.63, 3.8) is 0 Å². The van der Waals surface area contributed by atoms with E-state index in [1.807, 2.05) is 44.2 Å². The quantitative estimate of drug-likeness (QED) is 0.373. The molecule has 0 unspecified atom stereocenters. The second-order valence-electron chi connectivity index (χ2n) is 7.54. The van der Waals surface area contributed by atoms with E-state index in [1.165, 1.54) is 13.2 Å². The second-order valence-corrected chi connectivity index (χ2v) is 7.54. The molecular formula is C27H25N3O4. The van der Waals surface area contributed by atoms with Gasteiger partial charge in [-0.15, -0.1) is 0 Å². The summed E-state index contributed by atoms with van der Waals surface area (Å²) in [4.78, 5) is 24.7. The maximum atomic E-state index is 12.4. The highest BCUT2D eigenvalue weighted by Gasteiger charge is 2.12. The largest absolute Gasteiger partial charge is 0.493 e. The van der Waals surface area contributed by atoms with Gasteiger partial charge >= 0.3 is 0 Å². The highest BCUT2D eigenvalue weighted by Crippen LogP contribution is 2.29. The first-order chi connectivity index (χ1) is 16.4. The highest BCUT2D eigenvalue weighted by molar-refractivity contribution is 6.09. The molecule has 3 aromatic carbocycles. The molecule has 3 aromatic rings. The van der Waals surface area contributed by atoms with E-state index in [0.29, 0.717) is 28.4 Å². The summed E-state index contributed by atoms with van der Waals surface area (Å²) in [6.07, 6.45) is 1.46. The van der Waals surface area contributed by atoms with Crippen LogP contribution >= 0.6 is 0 Å². The van der Waals surface area contributed by atoms with Crippen molar-refractivity contribution in [3.05, 3.63) is 89.0 Å². The molecule has 0 fully saturated rings. The zero-order valence-corrected chi connectivity index (χ0v) is 19.2. The van der Waals surface area contributed by atoms with Crippen LogP contribution in [0.2, 0.25) is 0 Å². The summed E-state index contributed by atoms with van der Waals surface area (Å²) in [7, 11) is 1.47. The summed E-state index contributed by atoms with van der Waals surface area (Å²) in [6.45, 7) is 3.78. The fraction of sp³-hybridized carbons (Fsp3) is 0.148. The molecule has 7 heteroatoms. The number of hydrogen-bond donors (Lipinski definition) is 2. The van der Waals surface area contributed by atoms with E-state index in [1.54, 1.807) is 42.5 Å². The van der Waals surface area contributed by atoms with E-state index in [0.717, 1.165) is 11.1 Å². The third-order valence-corrected chi connectivity index (χ3v) is 5.04. The summed E-state index contributed by atoms with van der Waals surface area (Å²) in [5.41, 5.74) is 4.02. The number of carbonyl (C=O) groups excluding carboxylic acids is 2. The van der Waals surface area contributed by atoms with Gasteiger partial charge in [0.05, 0.1) is 7.11 Å². The zero-order chi connectivity index (χ0) is 24.5. The Morgan fingerprint density at radius 3 is 2.35 bits per heavy atom. The summed E-state index contributed by atoms with van der Waals surface area (Å²) in [5.74, 6) is -0.0924. The van der Waals surface area contributed by atoms with Gasteiger partial charge in [-0.2, -0.15) is 5.26 Å². The maximum absolute atomic E-state index is 12.4. The fourth-order valence-corrected chi connectivity index (χ4v) is 3.09. The molecule has 0 heterocycles. The van der Waals surface area contributed by atoms with Gasteiger partial charge in [0.1, 0.15) is 11.6 Å². The standard InChI is InChI=1S/C27H25N3O4/c1-18-9-11-23(13-19(18)2)29-26(31)17-34-24-12-10-20(15-25(24)33-3)14-21(16-28)27(32)30-22-7-5-4-6-8-22/h4-15H,17H2,1-3H3,(H,29,31)(H,30,32)/b21-14+. The molecule has 34 heavy (non-hydrogen) atoms. The molecule has 0 spiro atoms. The number of methoxy groups -OCH3 is 1. The van der Waals surface area contributed by atoms with Crippen molar-refractivity contribution in [2.75, 3.05) is 24.4 Å². The summed E-state index contributed by atoms with van der Waals surface area (Å²) in [5, 5.41) is 14.9. The molecule has 0 aliphatic rings. The molecule has 0 saturated carbocycles. The Hall–Kier alpha value is -4.57. The number of para-hydroxylation sites is 1. The van der Waals surface area contributed by atoms with Gasteiger partial charge < -0.3 is 20.1 Å². The van der Waals surface area contributed by atoms with Gasteiger partial charge in [0.15, 0.2) is 18.1 Å². The molecule has 0 aliphatic heterocycles. The Morgan fingerprint density at radius 1 is 0.912 bits per heavy atom. The first kappa shape index (κ1) is 24.1. The van der Waals surface area contributed by atoms with Gasteiger partial charge in [0.25, 0.3) is 11.8 Å². The van der Waals surface area contributed by atoms with Crippen molar-refractivity contribution in [2.45, 2.75) is 13.8 Å². The molecule has 172 valence electrons. The number of rotatable bonds is 8. The van der Waals surface area contributed by atoms with Crippen molar-refractivity contribution in [1.82, 2.24) is 0 Å². The van der Waals surface area contributed by atoms with Gasteiger partial charge in [-0.05, 0) is 73.0 Å². The Balaban J connectivity index is 1.67. The van der Waals surface area contributed by atoms with Crippen LogP contribution in [0, 0.1) is 25.2 Å². The van der Waals surface area contributed by atoms with E-state index in [9.17, 15) is 14.9 Å². The number of benzene rings is 3. The lowest BCUT2D eigenvalue weighted by molar-refractivity contribution is -0.118. The fourth-order valence-electron chi connectivity index (χ4n) is 3.09. The van der Waals surface area contributed by atoms with Crippen molar-refractivity contribution < 1.29 is 19.1 Å². The Morgan fingerprint density at radius 2 is 1.68 bits per heavy atom. The van der Waals surface area contributed by atoms with E-state index < -0.39 is 5.91 Å². The Bertz CT molecular complexity index is 1260. The molecule has 0 radical (unpaired) electrons. The number of aryl methyl sites for hydroxylation is 2. The van der Waals surface area contributed by atoms with Crippen LogP contribution < -0.4 is 20.1 Å². The first-order valence-electron chi connectivity index (χ1n) is 10.6. The SMILES string of the molecule is COc1cc(/C=C(\C#N)C(=O)Nc2ccccc2)ccc1OCC(=O)Nc1ccc(C)c(C)c1. The molecule has 2 N–H and O–H groups in total. The highest BCUT2D eigenvalue weighted by atomic mass is 16.5. The minimum atomic E-state index is -0.518. The number of carbonyl (C=O) groups is 2. The molecule has 0 bridgehead atoms. The van der Waals surface area contributed by atoms with Gasteiger partial charge in [0.2, 0.25) is 0 Å². The molecule has 2 amide bonds. The predicted molar refractivity (Wildman–Crippen MR) is 132 cm³/mol. The predicted octanol–water partition coefficient (Wildman–Crippen LogP) is 4.88. The average molecular weight is 456 g/mol. The van der Waals surface area contributed by atoms with Crippen LogP contribution in [0.3, 0.4) is 0 Å². The summed E-state index contributed by atoms with van der Waals surface area (Å²) >= 11 is 0. The number of nitriles is 1. The number of amides is 2. The number of hydrogen-bond acceptors (Lipinski definition) is 5. The summed E-state index contributed by atoms with van der Waals surface area (Å²) < 4.78 is 11.0. The lowest BCUT2D eigenvalue weighted by atomic mass is 10.1. The Kier molecular flexibility index (Phi) is 8.03.